The smallest absolute Gasteiger partial charge is 0.237 e. The fourth-order valence-corrected chi connectivity index (χ4v) is 4.21. The molecule has 2 amide bonds. The van der Waals surface area contributed by atoms with Crippen molar-refractivity contribution < 1.29 is 9.59 Å². The standard InChI is InChI=1S/C20H26N4O2/c1-13-2-3-17-15(10-13)16-11-24(9-6-18(16)22-17)19(25)12-23-7-4-14(5-8-23)20(21)26/h2-3,10,14,22H,4-9,11-12H2,1H3,(H2,21,26). The van der Waals surface area contributed by atoms with Gasteiger partial charge in [0.1, 0.15) is 0 Å². The molecule has 0 aliphatic carbocycles. The number of aromatic nitrogens is 1. The number of benzene rings is 1. The van der Waals surface area contributed by atoms with E-state index in [4.69, 9.17) is 5.73 Å². The SMILES string of the molecule is Cc1ccc2[nH]c3c(c2c1)CN(C(=O)CN1CCC(C(N)=O)CC1)CC3. The first-order valence-electron chi connectivity index (χ1n) is 9.41. The van der Waals surface area contributed by atoms with Crippen molar-refractivity contribution in [2.24, 2.45) is 11.7 Å². The predicted molar refractivity (Wildman–Crippen MR) is 101 cm³/mol. The summed E-state index contributed by atoms with van der Waals surface area (Å²) in [6, 6.07) is 6.44. The highest BCUT2D eigenvalue weighted by Crippen LogP contribution is 2.28. The number of H-pyrrole nitrogens is 1. The maximum Gasteiger partial charge on any atom is 0.237 e. The Balaban J connectivity index is 1.42. The van der Waals surface area contributed by atoms with E-state index in [0.29, 0.717) is 13.1 Å². The summed E-state index contributed by atoms with van der Waals surface area (Å²) in [4.78, 5) is 31.7. The number of aromatic amines is 1. The Hall–Kier alpha value is -2.34. The van der Waals surface area contributed by atoms with Crippen molar-refractivity contribution in [1.29, 1.82) is 0 Å². The molecule has 1 aromatic carbocycles. The van der Waals surface area contributed by atoms with Gasteiger partial charge in [0.2, 0.25) is 11.8 Å². The van der Waals surface area contributed by atoms with Crippen LogP contribution in [0.3, 0.4) is 0 Å². The average Bonchev–Trinajstić information content (AvgIpc) is 2.99. The van der Waals surface area contributed by atoms with E-state index in [1.807, 2.05) is 4.90 Å². The van der Waals surface area contributed by atoms with Gasteiger partial charge in [-0.15, -0.1) is 0 Å². The van der Waals surface area contributed by atoms with Crippen molar-refractivity contribution in [2.75, 3.05) is 26.2 Å². The van der Waals surface area contributed by atoms with Crippen molar-refractivity contribution in [3.8, 4) is 0 Å². The average molecular weight is 354 g/mol. The Bertz CT molecular complexity index is 849. The number of nitrogens with two attached hydrogens (primary N) is 1. The number of rotatable bonds is 3. The maximum absolute atomic E-state index is 12.8. The van der Waals surface area contributed by atoms with Crippen LogP contribution in [0.2, 0.25) is 0 Å². The molecule has 3 N–H and O–H groups in total. The number of aryl methyl sites for hydroxylation is 1. The van der Waals surface area contributed by atoms with Gasteiger partial charge in [0, 0.05) is 47.6 Å². The zero-order valence-corrected chi connectivity index (χ0v) is 15.3. The van der Waals surface area contributed by atoms with Crippen LogP contribution in [0.25, 0.3) is 10.9 Å². The Morgan fingerprint density at radius 2 is 2.00 bits per heavy atom. The van der Waals surface area contributed by atoms with Crippen molar-refractivity contribution in [1.82, 2.24) is 14.8 Å². The van der Waals surface area contributed by atoms with Crippen LogP contribution in [-0.4, -0.2) is 52.8 Å². The molecule has 1 fully saturated rings. The molecule has 1 saturated heterocycles. The number of likely N-dealkylation sites (tertiary alicyclic amines) is 1. The highest BCUT2D eigenvalue weighted by Gasteiger charge is 2.28. The van der Waals surface area contributed by atoms with Crippen LogP contribution >= 0.6 is 0 Å². The molecule has 6 heteroatoms. The van der Waals surface area contributed by atoms with E-state index < -0.39 is 0 Å². The molecule has 2 aliphatic heterocycles. The second-order valence-corrected chi connectivity index (χ2v) is 7.65. The summed E-state index contributed by atoms with van der Waals surface area (Å²) in [6.45, 7) is 5.50. The third-order valence-corrected chi connectivity index (χ3v) is 5.83. The van der Waals surface area contributed by atoms with E-state index in [0.717, 1.165) is 44.4 Å². The predicted octanol–water partition coefficient (Wildman–Crippen LogP) is 1.56. The normalized spacial score (nSPS) is 18.9. The van der Waals surface area contributed by atoms with E-state index in [-0.39, 0.29) is 17.7 Å². The van der Waals surface area contributed by atoms with Crippen LogP contribution in [-0.2, 0) is 22.6 Å². The Morgan fingerprint density at radius 1 is 1.23 bits per heavy atom. The number of primary amides is 1. The van der Waals surface area contributed by atoms with Crippen LogP contribution in [0.5, 0.6) is 0 Å². The molecular formula is C20H26N4O2. The number of hydrogen-bond acceptors (Lipinski definition) is 3. The van der Waals surface area contributed by atoms with Gasteiger partial charge in [-0.25, -0.2) is 0 Å². The number of carbonyl (C=O) groups excluding carboxylic acids is 2. The molecule has 0 radical (unpaired) electrons. The summed E-state index contributed by atoms with van der Waals surface area (Å²) >= 11 is 0. The molecule has 3 heterocycles. The van der Waals surface area contributed by atoms with Gasteiger partial charge in [-0.3, -0.25) is 14.5 Å². The van der Waals surface area contributed by atoms with Crippen LogP contribution in [0, 0.1) is 12.8 Å². The first-order chi connectivity index (χ1) is 12.5. The van der Waals surface area contributed by atoms with Crippen LogP contribution < -0.4 is 5.73 Å². The van der Waals surface area contributed by atoms with Gasteiger partial charge in [-0.05, 0) is 45.0 Å². The van der Waals surface area contributed by atoms with Crippen molar-refractivity contribution in [3.63, 3.8) is 0 Å². The quantitative estimate of drug-likeness (QED) is 0.877. The fraction of sp³-hybridized carbons (Fsp3) is 0.500. The van der Waals surface area contributed by atoms with Gasteiger partial charge in [0.25, 0.3) is 0 Å². The Morgan fingerprint density at radius 3 is 2.73 bits per heavy atom. The summed E-state index contributed by atoms with van der Waals surface area (Å²) < 4.78 is 0. The molecule has 1 aromatic heterocycles. The van der Waals surface area contributed by atoms with E-state index in [9.17, 15) is 9.59 Å². The number of carbonyl (C=O) groups is 2. The molecule has 138 valence electrons. The summed E-state index contributed by atoms with van der Waals surface area (Å²) in [7, 11) is 0. The molecule has 0 bridgehead atoms. The second kappa shape index (κ2) is 6.76. The molecule has 0 atom stereocenters. The minimum absolute atomic E-state index is 0.0339. The van der Waals surface area contributed by atoms with Gasteiger partial charge >= 0.3 is 0 Å². The molecule has 26 heavy (non-hydrogen) atoms. The number of fused-ring (bicyclic) bond motifs is 3. The molecular weight excluding hydrogens is 328 g/mol. The minimum atomic E-state index is -0.214. The Kier molecular flexibility index (Phi) is 4.44. The third-order valence-electron chi connectivity index (χ3n) is 5.83. The van der Waals surface area contributed by atoms with Crippen LogP contribution in [0.4, 0.5) is 0 Å². The summed E-state index contributed by atoms with van der Waals surface area (Å²) in [6.07, 6.45) is 2.39. The van der Waals surface area contributed by atoms with Crippen molar-refractivity contribution in [2.45, 2.75) is 32.7 Å². The number of piperidine rings is 1. The van der Waals surface area contributed by atoms with Gasteiger partial charge in [-0.2, -0.15) is 0 Å². The second-order valence-electron chi connectivity index (χ2n) is 7.65. The maximum atomic E-state index is 12.8. The molecule has 2 aromatic rings. The minimum Gasteiger partial charge on any atom is -0.369 e. The van der Waals surface area contributed by atoms with Gasteiger partial charge in [0.05, 0.1) is 6.54 Å². The van der Waals surface area contributed by atoms with Gasteiger partial charge in [-0.1, -0.05) is 11.6 Å². The van der Waals surface area contributed by atoms with Gasteiger partial charge in [0.15, 0.2) is 0 Å². The molecule has 2 aliphatic rings. The highest BCUT2D eigenvalue weighted by atomic mass is 16.2. The summed E-state index contributed by atoms with van der Waals surface area (Å²) in [5, 5.41) is 1.24. The Labute approximate surface area is 153 Å². The van der Waals surface area contributed by atoms with Gasteiger partial charge < -0.3 is 15.6 Å². The van der Waals surface area contributed by atoms with Crippen LogP contribution in [0.1, 0.15) is 29.7 Å². The van der Waals surface area contributed by atoms with E-state index >= 15 is 0 Å². The lowest BCUT2D eigenvalue weighted by Gasteiger charge is -2.33. The van der Waals surface area contributed by atoms with Crippen molar-refractivity contribution >= 4 is 22.7 Å². The summed E-state index contributed by atoms with van der Waals surface area (Å²) in [5.74, 6) is -0.0716. The number of nitrogens with one attached hydrogen (secondary N) is 1. The third kappa shape index (κ3) is 3.21. The number of amides is 2. The van der Waals surface area contributed by atoms with Crippen LogP contribution in [0.15, 0.2) is 18.2 Å². The van der Waals surface area contributed by atoms with Crippen molar-refractivity contribution in [3.05, 3.63) is 35.0 Å². The zero-order valence-electron chi connectivity index (χ0n) is 15.3. The molecule has 6 nitrogen and oxygen atoms in total. The van der Waals surface area contributed by atoms with E-state index in [1.165, 1.54) is 22.2 Å². The number of nitrogens with zero attached hydrogens (tertiary/aromatic N) is 2. The molecule has 0 spiro atoms. The molecule has 0 unspecified atom stereocenters. The largest absolute Gasteiger partial charge is 0.369 e. The zero-order chi connectivity index (χ0) is 18.3. The fourth-order valence-electron chi connectivity index (χ4n) is 4.21. The number of hydrogen-bond donors (Lipinski definition) is 2. The first kappa shape index (κ1) is 17.1. The van der Waals surface area contributed by atoms with E-state index in [2.05, 4.69) is 35.0 Å². The summed E-state index contributed by atoms with van der Waals surface area (Å²) in [5.41, 5.74) is 10.3. The molecule has 4 rings (SSSR count). The lowest BCUT2D eigenvalue weighted by molar-refractivity contribution is -0.133. The highest BCUT2D eigenvalue weighted by molar-refractivity contribution is 5.87. The lowest BCUT2D eigenvalue weighted by Crippen LogP contribution is -2.46. The lowest BCUT2D eigenvalue weighted by atomic mass is 9.96. The van der Waals surface area contributed by atoms with E-state index in [1.54, 1.807) is 0 Å². The first-order valence-corrected chi connectivity index (χ1v) is 9.41. The monoisotopic (exact) mass is 354 g/mol. The molecule has 0 saturated carbocycles. The topological polar surface area (TPSA) is 82.4 Å².